The molecule has 3 N–H and O–H groups in total. The van der Waals surface area contributed by atoms with Crippen LogP contribution in [0, 0.1) is 6.92 Å². The Morgan fingerprint density at radius 2 is 2.05 bits per heavy atom. The van der Waals surface area contributed by atoms with Gasteiger partial charge in [0.2, 0.25) is 0 Å². The van der Waals surface area contributed by atoms with Crippen LogP contribution in [0.2, 0.25) is 5.02 Å². The van der Waals surface area contributed by atoms with Crippen molar-refractivity contribution in [3.05, 3.63) is 52.8 Å². The van der Waals surface area contributed by atoms with Gasteiger partial charge in [-0.1, -0.05) is 29.9 Å². The third-order valence-corrected chi connectivity index (χ3v) is 4.73. The van der Waals surface area contributed by atoms with Gasteiger partial charge in [-0.25, -0.2) is 8.42 Å². The van der Waals surface area contributed by atoms with Crippen molar-refractivity contribution in [3.63, 3.8) is 0 Å². The average molecular weight is 342 g/mol. The van der Waals surface area contributed by atoms with Crippen LogP contribution in [0.5, 0.6) is 0 Å². The average Bonchev–Trinajstić information content (AvgIpc) is 2.38. The van der Waals surface area contributed by atoms with E-state index in [0.717, 1.165) is 5.56 Å². The number of hydrogen-bond donors (Lipinski definition) is 2. The summed E-state index contributed by atoms with van der Waals surface area (Å²) >= 11 is 10.8. The lowest BCUT2D eigenvalue weighted by molar-refractivity contribution is 0.601. The van der Waals surface area contributed by atoms with Crippen LogP contribution in [0.1, 0.15) is 11.1 Å². The van der Waals surface area contributed by atoms with E-state index in [-0.39, 0.29) is 14.9 Å². The molecule has 2 rings (SSSR count). The highest BCUT2D eigenvalue weighted by atomic mass is 35.5. The fraction of sp³-hybridized carbons (Fsp3) is 0.0769. The van der Waals surface area contributed by atoms with Gasteiger partial charge in [-0.15, -0.1) is 0 Å². The topological polar surface area (TPSA) is 85.1 Å². The van der Waals surface area contributed by atoms with Crippen LogP contribution in [0.15, 0.2) is 41.6 Å². The molecule has 0 aliphatic carbocycles. The van der Waals surface area contributed by atoms with Gasteiger partial charge in [0.25, 0.3) is 10.0 Å². The summed E-state index contributed by atoms with van der Waals surface area (Å²) in [5.74, 6) is 0. The smallest absolute Gasteiger partial charge is 0.263 e. The van der Waals surface area contributed by atoms with Crippen molar-refractivity contribution in [1.82, 2.24) is 4.98 Å². The second-order valence-electron chi connectivity index (χ2n) is 4.37. The van der Waals surface area contributed by atoms with Gasteiger partial charge in [0.15, 0.2) is 0 Å². The van der Waals surface area contributed by atoms with E-state index in [1.165, 1.54) is 18.3 Å². The molecule has 0 saturated heterocycles. The van der Waals surface area contributed by atoms with Crippen molar-refractivity contribution in [2.75, 3.05) is 4.72 Å². The molecule has 110 valence electrons. The van der Waals surface area contributed by atoms with Crippen molar-refractivity contribution in [1.29, 1.82) is 0 Å². The number of anilines is 1. The number of halogens is 1. The number of thiocarbonyl (C=S) groups is 1. The fourth-order valence-electron chi connectivity index (χ4n) is 1.68. The van der Waals surface area contributed by atoms with E-state index in [9.17, 15) is 8.42 Å². The van der Waals surface area contributed by atoms with Crippen LogP contribution in [0.4, 0.5) is 5.69 Å². The Bertz CT molecular complexity index is 807. The SMILES string of the molecule is Cc1cncc(NS(=O)(=O)c2cc(C(N)=S)ccc2Cl)c1. The first-order chi connectivity index (χ1) is 9.79. The molecule has 21 heavy (non-hydrogen) atoms. The number of benzene rings is 1. The largest absolute Gasteiger partial charge is 0.389 e. The Balaban J connectivity index is 2.44. The van der Waals surface area contributed by atoms with Crippen LogP contribution >= 0.6 is 23.8 Å². The number of hydrogen-bond acceptors (Lipinski definition) is 4. The number of pyridine rings is 1. The van der Waals surface area contributed by atoms with E-state index in [2.05, 4.69) is 9.71 Å². The zero-order valence-corrected chi connectivity index (χ0v) is 13.4. The molecule has 1 heterocycles. The number of aryl methyl sites for hydroxylation is 1. The number of aromatic nitrogens is 1. The van der Waals surface area contributed by atoms with Gasteiger partial charge >= 0.3 is 0 Å². The van der Waals surface area contributed by atoms with Crippen molar-refractivity contribution < 1.29 is 8.42 Å². The number of sulfonamides is 1. The van der Waals surface area contributed by atoms with Gasteiger partial charge < -0.3 is 5.73 Å². The Labute approximate surface area is 133 Å². The Morgan fingerprint density at radius 1 is 1.33 bits per heavy atom. The van der Waals surface area contributed by atoms with Gasteiger partial charge in [-0.2, -0.15) is 0 Å². The minimum Gasteiger partial charge on any atom is -0.389 e. The molecule has 0 unspecified atom stereocenters. The maximum atomic E-state index is 12.4. The zero-order valence-electron chi connectivity index (χ0n) is 11.0. The molecule has 0 atom stereocenters. The number of nitrogens with zero attached hydrogens (tertiary/aromatic N) is 1. The van der Waals surface area contributed by atoms with Gasteiger partial charge in [0.05, 0.1) is 16.9 Å². The van der Waals surface area contributed by atoms with E-state index in [1.807, 2.05) is 6.92 Å². The lowest BCUT2D eigenvalue weighted by Gasteiger charge is -2.11. The summed E-state index contributed by atoms with van der Waals surface area (Å²) in [5.41, 5.74) is 7.12. The van der Waals surface area contributed by atoms with E-state index < -0.39 is 10.0 Å². The Hall–Kier alpha value is -1.70. The molecular weight excluding hydrogens is 330 g/mol. The molecular formula is C13H12ClN3O2S2. The molecule has 0 bridgehead atoms. The van der Waals surface area contributed by atoms with Crippen LogP contribution in [0.25, 0.3) is 0 Å². The first-order valence-electron chi connectivity index (χ1n) is 5.83. The van der Waals surface area contributed by atoms with Gasteiger partial charge in [0, 0.05) is 11.8 Å². The standard InChI is InChI=1S/C13H12ClN3O2S2/c1-8-4-10(7-16-6-8)17-21(18,19)12-5-9(13(15)20)2-3-11(12)14/h2-7,17H,1H3,(H2,15,20). The molecule has 1 aromatic heterocycles. The molecule has 0 aliphatic rings. The van der Waals surface area contributed by atoms with Crippen LogP contribution in [-0.4, -0.2) is 18.4 Å². The second-order valence-corrected chi connectivity index (χ2v) is 6.86. The molecule has 8 heteroatoms. The van der Waals surface area contributed by atoms with Crippen LogP contribution < -0.4 is 10.5 Å². The third kappa shape index (κ3) is 3.69. The van der Waals surface area contributed by atoms with Crippen molar-refractivity contribution in [2.24, 2.45) is 5.73 Å². The van der Waals surface area contributed by atoms with E-state index in [1.54, 1.807) is 18.3 Å². The number of nitrogens with two attached hydrogens (primary N) is 1. The maximum absolute atomic E-state index is 12.4. The predicted molar refractivity (Wildman–Crippen MR) is 87.1 cm³/mol. The summed E-state index contributed by atoms with van der Waals surface area (Å²) in [6, 6.07) is 6.02. The summed E-state index contributed by atoms with van der Waals surface area (Å²) in [5, 5.41) is 0.0862. The molecule has 0 spiro atoms. The van der Waals surface area contributed by atoms with E-state index in [4.69, 9.17) is 29.6 Å². The van der Waals surface area contributed by atoms with Crippen molar-refractivity contribution in [3.8, 4) is 0 Å². The van der Waals surface area contributed by atoms with Gasteiger partial charge in [-0.3, -0.25) is 9.71 Å². The maximum Gasteiger partial charge on any atom is 0.263 e. The molecule has 1 aromatic carbocycles. The van der Waals surface area contributed by atoms with E-state index in [0.29, 0.717) is 11.3 Å². The molecule has 0 radical (unpaired) electrons. The van der Waals surface area contributed by atoms with Crippen molar-refractivity contribution in [2.45, 2.75) is 11.8 Å². The highest BCUT2D eigenvalue weighted by molar-refractivity contribution is 7.92. The fourth-order valence-corrected chi connectivity index (χ4v) is 3.37. The monoisotopic (exact) mass is 341 g/mol. The van der Waals surface area contributed by atoms with Crippen LogP contribution in [0.3, 0.4) is 0 Å². The molecule has 2 aromatic rings. The van der Waals surface area contributed by atoms with Crippen molar-refractivity contribution >= 4 is 44.5 Å². The molecule has 5 nitrogen and oxygen atoms in total. The molecule has 0 aliphatic heterocycles. The third-order valence-electron chi connectivity index (χ3n) is 2.63. The Morgan fingerprint density at radius 3 is 2.67 bits per heavy atom. The van der Waals surface area contributed by atoms with Gasteiger partial charge in [0.1, 0.15) is 9.88 Å². The van der Waals surface area contributed by atoms with Gasteiger partial charge in [-0.05, 0) is 30.7 Å². The molecule has 0 amide bonds. The number of nitrogens with one attached hydrogen (secondary N) is 1. The normalized spacial score (nSPS) is 11.1. The zero-order chi connectivity index (χ0) is 15.6. The summed E-state index contributed by atoms with van der Waals surface area (Å²) in [6.45, 7) is 1.81. The summed E-state index contributed by atoms with van der Waals surface area (Å²) in [7, 11) is -3.85. The molecule has 0 saturated carbocycles. The van der Waals surface area contributed by atoms with E-state index >= 15 is 0 Å². The summed E-state index contributed by atoms with van der Waals surface area (Å²) < 4.78 is 27.2. The lowest BCUT2D eigenvalue weighted by Crippen LogP contribution is -2.16. The number of rotatable bonds is 4. The quantitative estimate of drug-likeness (QED) is 0.834. The Kier molecular flexibility index (Phi) is 4.46. The first kappa shape index (κ1) is 15.7. The minimum absolute atomic E-state index is 0.0862. The summed E-state index contributed by atoms with van der Waals surface area (Å²) in [4.78, 5) is 3.94. The summed E-state index contributed by atoms with van der Waals surface area (Å²) in [6.07, 6.45) is 3.04. The first-order valence-corrected chi connectivity index (χ1v) is 8.10. The minimum atomic E-state index is -3.85. The van der Waals surface area contributed by atoms with Crippen LogP contribution in [-0.2, 0) is 10.0 Å². The molecule has 0 fully saturated rings. The highest BCUT2D eigenvalue weighted by Gasteiger charge is 2.19. The second kappa shape index (κ2) is 5.97. The lowest BCUT2D eigenvalue weighted by atomic mass is 10.2. The highest BCUT2D eigenvalue weighted by Crippen LogP contribution is 2.25. The predicted octanol–water partition coefficient (Wildman–Crippen LogP) is 2.48.